The number of hydrogen-bond acceptors (Lipinski definition) is 2. The van der Waals surface area contributed by atoms with Crippen molar-refractivity contribution in [3.8, 4) is 0 Å². The van der Waals surface area contributed by atoms with Crippen LogP contribution in [0.25, 0.3) is 0 Å². The van der Waals surface area contributed by atoms with Crippen LogP contribution in [0, 0.1) is 0 Å². The summed E-state index contributed by atoms with van der Waals surface area (Å²) in [6, 6.07) is 0. The van der Waals surface area contributed by atoms with Crippen molar-refractivity contribution in [3.63, 3.8) is 0 Å². The normalized spacial score (nSPS) is 19.1. The van der Waals surface area contributed by atoms with E-state index in [9.17, 15) is 0 Å². The first-order valence-corrected chi connectivity index (χ1v) is 14.0. The highest BCUT2D eigenvalue weighted by Gasteiger charge is 2.32. The molecular weight excluding hydrogens is 402 g/mol. The lowest BCUT2D eigenvalue weighted by molar-refractivity contribution is -0.945. The Hall–Kier alpha value is 0.170. The van der Waals surface area contributed by atoms with Crippen LogP contribution in [0.5, 0.6) is 0 Å². The zero-order chi connectivity index (χ0) is 21.8. The molecule has 31 heavy (non-hydrogen) atoms. The van der Waals surface area contributed by atoms with Gasteiger partial charge in [0.25, 0.3) is 0 Å². The molecule has 0 aromatic heterocycles. The number of halogens is 1. The van der Waals surface area contributed by atoms with Crippen LogP contribution in [0.2, 0.25) is 0 Å². The predicted molar refractivity (Wildman–Crippen MR) is 135 cm³/mol. The summed E-state index contributed by atoms with van der Waals surface area (Å²) in [5, 5.41) is 0. The minimum Gasteiger partial charge on any atom is -1.00 e. The maximum atomic E-state index is 3.77. The molecule has 1 saturated heterocycles. The SMILES string of the molecule is CCCCCCCCCCCCCCCCCCN1CC[N+](C)(NCCCCC)C1.[Cl-]. The molecule has 3 nitrogen and oxygen atoms in total. The first-order chi connectivity index (χ1) is 14.7. The summed E-state index contributed by atoms with van der Waals surface area (Å²) in [6.07, 6.45) is 27.3. The Kier molecular flexibility index (Phi) is 22.1. The van der Waals surface area contributed by atoms with Crippen molar-refractivity contribution in [3.05, 3.63) is 0 Å². The fourth-order valence-corrected chi connectivity index (χ4v) is 4.86. The topological polar surface area (TPSA) is 15.3 Å². The lowest BCUT2D eigenvalue weighted by atomic mass is 10.0. The summed E-state index contributed by atoms with van der Waals surface area (Å²) in [5.41, 5.74) is 3.77. The van der Waals surface area contributed by atoms with Gasteiger partial charge in [-0.1, -0.05) is 123 Å². The molecule has 1 atom stereocenters. The minimum absolute atomic E-state index is 0. The maximum Gasteiger partial charge on any atom is 0.152 e. The van der Waals surface area contributed by atoms with E-state index in [1.807, 2.05) is 0 Å². The van der Waals surface area contributed by atoms with Crippen LogP contribution in [0.3, 0.4) is 0 Å². The molecule has 1 aliphatic heterocycles. The molecule has 0 aromatic rings. The molecular formula is C27H58ClN3. The van der Waals surface area contributed by atoms with Gasteiger partial charge in [0, 0.05) is 13.1 Å². The molecule has 0 amide bonds. The molecule has 1 aliphatic rings. The number of nitrogens with zero attached hydrogens (tertiary/aromatic N) is 2. The average Bonchev–Trinajstić information content (AvgIpc) is 3.12. The smallest absolute Gasteiger partial charge is 0.152 e. The molecule has 0 bridgehead atoms. The molecule has 1 unspecified atom stereocenters. The molecule has 0 radical (unpaired) electrons. The molecule has 0 spiro atoms. The van der Waals surface area contributed by atoms with Crippen molar-refractivity contribution in [1.29, 1.82) is 0 Å². The second-order valence-electron chi connectivity index (χ2n) is 10.3. The Labute approximate surface area is 203 Å². The zero-order valence-electron chi connectivity index (χ0n) is 21.7. The lowest BCUT2D eigenvalue weighted by Crippen LogP contribution is -3.00. The number of quaternary nitrogens is 1. The lowest BCUT2D eigenvalue weighted by Gasteiger charge is -2.29. The Morgan fingerprint density at radius 1 is 0.613 bits per heavy atom. The molecule has 0 aromatic carbocycles. The Balaban J connectivity index is 0.00000900. The molecule has 4 heteroatoms. The van der Waals surface area contributed by atoms with E-state index >= 15 is 0 Å². The minimum atomic E-state index is 0. The number of unbranched alkanes of at least 4 members (excludes halogenated alkanes) is 17. The van der Waals surface area contributed by atoms with Crippen molar-refractivity contribution in [2.24, 2.45) is 0 Å². The molecule has 1 rings (SSSR count). The second-order valence-corrected chi connectivity index (χ2v) is 10.3. The standard InChI is InChI=1S/C27H58N3.ClH/c1-4-6-8-9-10-11-12-13-14-15-16-17-18-19-20-22-24-29-25-26-30(3,27-29)28-23-21-7-5-2;/h28H,4-27H2,1-3H3;1H/q+1;/p-1. The summed E-state index contributed by atoms with van der Waals surface area (Å²) in [4.78, 5) is 2.68. The maximum absolute atomic E-state index is 3.77. The highest BCUT2D eigenvalue weighted by molar-refractivity contribution is 4.60. The van der Waals surface area contributed by atoms with Gasteiger partial charge in [-0.3, -0.25) is 0 Å². The largest absolute Gasteiger partial charge is 1.00 e. The van der Waals surface area contributed by atoms with Gasteiger partial charge in [-0.2, -0.15) is 5.43 Å². The molecule has 1 N–H and O–H groups in total. The van der Waals surface area contributed by atoms with E-state index in [-0.39, 0.29) is 12.4 Å². The number of rotatable bonds is 22. The van der Waals surface area contributed by atoms with Gasteiger partial charge in [0.2, 0.25) is 0 Å². The fourth-order valence-electron chi connectivity index (χ4n) is 4.86. The van der Waals surface area contributed by atoms with Gasteiger partial charge in [0.1, 0.15) is 6.54 Å². The van der Waals surface area contributed by atoms with E-state index in [4.69, 9.17) is 0 Å². The highest BCUT2D eigenvalue weighted by Crippen LogP contribution is 2.15. The first-order valence-electron chi connectivity index (χ1n) is 14.0. The van der Waals surface area contributed by atoms with Crippen molar-refractivity contribution in [2.75, 3.05) is 39.9 Å². The van der Waals surface area contributed by atoms with Gasteiger partial charge in [-0.25, -0.2) is 9.49 Å². The van der Waals surface area contributed by atoms with Crippen LogP contribution in [-0.2, 0) is 0 Å². The van der Waals surface area contributed by atoms with Crippen LogP contribution < -0.4 is 17.8 Å². The van der Waals surface area contributed by atoms with Crippen LogP contribution in [0.4, 0.5) is 0 Å². The van der Waals surface area contributed by atoms with Gasteiger partial charge in [0.05, 0.1) is 13.6 Å². The molecule has 188 valence electrons. The van der Waals surface area contributed by atoms with E-state index in [1.54, 1.807) is 0 Å². The summed E-state index contributed by atoms with van der Waals surface area (Å²) >= 11 is 0. The van der Waals surface area contributed by atoms with Crippen LogP contribution in [0.1, 0.15) is 136 Å². The van der Waals surface area contributed by atoms with Crippen LogP contribution in [0.15, 0.2) is 0 Å². The predicted octanol–water partition coefficient (Wildman–Crippen LogP) is 4.67. The van der Waals surface area contributed by atoms with E-state index in [0.29, 0.717) is 0 Å². The summed E-state index contributed by atoms with van der Waals surface area (Å²) < 4.78 is 1.06. The summed E-state index contributed by atoms with van der Waals surface area (Å²) in [7, 11) is 2.37. The molecule has 1 fully saturated rings. The van der Waals surface area contributed by atoms with Gasteiger partial charge in [0.15, 0.2) is 6.67 Å². The number of likely N-dealkylation sites (N-methyl/N-ethyl adjacent to an activating group) is 1. The molecule has 1 heterocycles. The van der Waals surface area contributed by atoms with Crippen molar-refractivity contribution in [2.45, 2.75) is 136 Å². The van der Waals surface area contributed by atoms with Crippen LogP contribution >= 0.6 is 0 Å². The Morgan fingerprint density at radius 2 is 1.03 bits per heavy atom. The fraction of sp³-hybridized carbons (Fsp3) is 1.00. The molecule has 0 saturated carbocycles. The third-order valence-corrected chi connectivity index (χ3v) is 7.02. The van der Waals surface area contributed by atoms with Crippen molar-refractivity contribution >= 4 is 0 Å². The number of nitrogens with one attached hydrogen (secondary N) is 1. The third-order valence-electron chi connectivity index (χ3n) is 7.02. The van der Waals surface area contributed by atoms with E-state index in [2.05, 4.69) is 31.2 Å². The highest BCUT2D eigenvalue weighted by atomic mass is 35.5. The van der Waals surface area contributed by atoms with E-state index in [0.717, 1.165) is 4.59 Å². The Morgan fingerprint density at radius 3 is 1.52 bits per heavy atom. The monoisotopic (exact) mass is 459 g/mol. The van der Waals surface area contributed by atoms with Gasteiger partial charge >= 0.3 is 0 Å². The molecule has 0 aliphatic carbocycles. The summed E-state index contributed by atoms with van der Waals surface area (Å²) in [6.45, 7) is 10.8. The van der Waals surface area contributed by atoms with E-state index in [1.165, 1.54) is 155 Å². The van der Waals surface area contributed by atoms with Gasteiger partial charge in [-0.05, 0) is 12.8 Å². The number of hydrogen-bond donors (Lipinski definition) is 1. The quantitative estimate of drug-likeness (QED) is 0.187. The Bertz CT molecular complexity index is 366. The van der Waals surface area contributed by atoms with Crippen molar-refractivity contribution < 1.29 is 17.0 Å². The van der Waals surface area contributed by atoms with E-state index < -0.39 is 0 Å². The summed E-state index contributed by atoms with van der Waals surface area (Å²) in [5.74, 6) is 0. The van der Waals surface area contributed by atoms with Gasteiger partial charge in [-0.15, -0.1) is 0 Å². The van der Waals surface area contributed by atoms with Crippen molar-refractivity contribution in [1.82, 2.24) is 10.3 Å². The average molecular weight is 460 g/mol. The first kappa shape index (κ1) is 31.2. The van der Waals surface area contributed by atoms with Crippen LogP contribution in [-0.4, -0.2) is 49.4 Å². The second kappa shape index (κ2) is 22.0. The third kappa shape index (κ3) is 18.3. The zero-order valence-corrected chi connectivity index (χ0v) is 22.5. The van der Waals surface area contributed by atoms with Gasteiger partial charge < -0.3 is 12.4 Å².